The van der Waals surface area contributed by atoms with E-state index in [4.69, 9.17) is 0 Å². The van der Waals surface area contributed by atoms with Crippen molar-refractivity contribution < 1.29 is 0 Å². The van der Waals surface area contributed by atoms with Crippen LogP contribution in [-0.4, -0.2) is 7.05 Å². The van der Waals surface area contributed by atoms with Gasteiger partial charge in [0.05, 0.1) is 0 Å². The number of nitrogens with one attached hydrogen (secondary N) is 1. The fourth-order valence-electron chi connectivity index (χ4n) is 2.30. The second-order valence-corrected chi connectivity index (χ2v) is 4.69. The fraction of sp³-hybridized carbons (Fsp3) is 0.250. The lowest BCUT2D eigenvalue weighted by Crippen LogP contribution is -1.91. The van der Waals surface area contributed by atoms with E-state index < -0.39 is 0 Å². The summed E-state index contributed by atoms with van der Waals surface area (Å²) >= 11 is 0. The summed E-state index contributed by atoms with van der Waals surface area (Å²) in [6.45, 7) is 0. The molecule has 0 heterocycles. The highest BCUT2D eigenvalue weighted by molar-refractivity contribution is 5.77. The van der Waals surface area contributed by atoms with Crippen molar-refractivity contribution in [1.29, 1.82) is 0 Å². The van der Waals surface area contributed by atoms with E-state index in [2.05, 4.69) is 53.8 Å². The van der Waals surface area contributed by atoms with Crippen molar-refractivity contribution in [3.8, 4) is 11.1 Å². The zero-order valence-electron chi connectivity index (χ0n) is 10.1. The third-order valence-corrected chi connectivity index (χ3v) is 3.47. The van der Waals surface area contributed by atoms with Crippen molar-refractivity contribution in [2.45, 2.75) is 18.8 Å². The second kappa shape index (κ2) is 4.25. The molecule has 1 aliphatic rings. The predicted octanol–water partition coefficient (Wildman–Crippen LogP) is 4.27. The van der Waals surface area contributed by atoms with Gasteiger partial charge in [-0.15, -0.1) is 0 Å². The predicted molar refractivity (Wildman–Crippen MR) is 73.4 cm³/mol. The number of para-hydroxylation sites is 1. The molecule has 0 atom stereocenters. The van der Waals surface area contributed by atoms with Crippen LogP contribution in [0.5, 0.6) is 0 Å². The van der Waals surface area contributed by atoms with Gasteiger partial charge in [-0.2, -0.15) is 0 Å². The molecule has 0 aliphatic heterocycles. The quantitative estimate of drug-likeness (QED) is 0.819. The summed E-state index contributed by atoms with van der Waals surface area (Å²) in [6.07, 6.45) is 2.74. The third-order valence-electron chi connectivity index (χ3n) is 3.47. The minimum Gasteiger partial charge on any atom is -0.388 e. The standard InChI is InChI=1S/C16H17N/c1-17-16-5-3-2-4-15(16)14-10-8-13(9-11-14)12-6-7-12/h2-5,8-12,17H,6-7H2,1H3. The molecule has 0 spiro atoms. The van der Waals surface area contributed by atoms with E-state index >= 15 is 0 Å². The Balaban J connectivity index is 1.96. The summed E-state index contributed by atoms with van der Waals surface area (Å²) in [7, 11) is 1.97. The monoisotopic (exact) mass is 223 g/mol. The van der Waals surface area contributed by atoms with Crippen molar-refractivity contribution >= 4 is 5.69 Å². The Morgan fingerprint density at radius 3 is 2.29 bits per heavy atom. The maximum Gasteiger partial charge on any atom is 0.0417 e. The molecule has 17 heavy (non-hydrogen) atoms. The third kappa shape index (κ3) is 2.05. The molecule has 0 saturated heterocycles. The summed E-state index contributed by atoms with van der Waals surface area (Å²) in [4.78, 5) is 0. The first kappa shape index (κ1) is 10.4. The van der Waals surface area contributed by atoms with Crippen LogP contribution >= 0.6 is 0 Å². The Bertz CT molecular complexity index is 509. The molecule has 1 N–H and O–H groups in total. The normalized spacial score (nSPS) is 14.6. The summed E-state index contributed by atoms with van der Waals surface area (Å²) < 4.78 is 0. The summed E-state index contributed by atoms with van der Waals surface area (Å²) in [6, 6.07) is 17.5. The molecule has 1 aliphatic carbocycles. The van der Waals surface area contributed by atoms with Gasteiger partial charge >= 0.3 is 0 Å². The van der Waals surface area contributed by atoms with Gasteiger partial charge in [-0.3, -0.25) is 0 Å². The van der Waals surface area contributed by atoms with Gasteiger partial charge in [0.1, 0.15) is 0 Å². The van der Waals surface area contributed by atoms with Gasteiger partial charge in [0.25, 0.3) is 0 Å². The van der Waals surface area contributed by atoms with Gasteiger partial charge < -0.3 is 5.32 Å². The molecule has 1 fully saturated rings. The molecule has 0 radical (unpaired) electrons. The Morgan fingerprint density at radius 2 is 1.65 bits per heavy atom. The van der Waals surface area contributed by atoms with Crippen molar-refractivity contribution in [3.63, 3.8) is 0 Å². The largest absolute Gasteiger partial charge is 0.388 e. The number of hydrogen-bond acceptors (Lipinski definition) is 1. The van der Waals surface area contributed by atoms with Crippen LogP contribution in [0.15, 0.2) is 48.5 Å². The van der Waals surface area contributed by atoms with Crippen molar-refractivity contribution in [1.82, 2.24) is 0 Å². The van der Waals surface area contributed by atoms with Gasteiger partial charge in [0, 0.05) is 18.3 Å². The molecule has 0 aromatic heterocycles. The highest BCUT2D eigenvalue weighted by Gasteiger charge is 2.22. The zero-order chi connectivity index (χ0) is 11.7. The number of rotatable bonds is 3. The molecule has 2 aromatic carbocycles. The van der Waals surface area contributed by atoms with Crippen LogP contribution in [-0.2, 0) is 0 Å². The number of benzene rings is 2. The van der Waals surface area contributed by atoms with Crippen LogP contribution in [0.1, 0.15) is 24.3 Å². The lowest BCUT2D eigenvalue weighted by molar-refractivity contribution is 1.13. The number of hydrogen-bond donors (Lipinski definition) is 1. The lowest BCUT2D eigenvalue weighted by atomic mass is 10.0. The van der Waals surface area contributed by atoms with E-state index in [0.717, 1.165) is 5.92 Å². The second-order valence-electron chi connectivity index (χ2n) is 4.69. The van der Waals surface area contributed by atoms with Gasteiger partial charge in [0.15, 0.2) is 0 Å². The van der Waals surface area contributed by atoms with E-state index in [1.165, 1.54) is 35.2 Å². The van der Waals surface area contributed by atoms with Crippen LogP contribution in [0.4, 0.5) is 5.69 Å². The summed E-state index contributed by atoms with van der Waals surface area (Å²) in [5.74, 6) is 0.837. The maximum absolute atomic E-state index is 3.24. The van der Waals surface area contributed by atoms with Crippen molar-refractivity contribution in [2.75, 3.05) is 12.4 Å². The van der Waals surface area contributed by atoms with Crippen LogP contribution in [0.2, 0.25) is 0 Å². The molecule has 0 amide bonds. The Hall–Kier alpha value is -1.76. The highest BCUT2D eigenvalue weighted by atomic mass is 14.8. The minimum absolute atomic E-state index is 0.837. The lowest BCUT2D eigenvalue weighted by Gasteiger charge is -2.09. The van der Waals surface area contributed by atoms with E-state index in [-0.39, 0.29) is 0 Å². The molecule has 0 bridgehead atoms. The first-order valence-electron chi connectivity index (χ1n) is 6.25. The Labute approximate surface area is 102 Å². The summed E-state index contributed by atoms with van der Waals surface area (Å²) in [5, 5.41) is 3.24. The molecule has 86 valence electrons. The molecular formula is C16H17N. The molecule has 3 rings (SSSR count). The van der Waals surface area contributed by atoms with E-state index in [0.29, 0.717) is 0 Å². The highest BCUT2D eigenvalue weighted by Crippen LogP contribution is 2.40. The van der Waals surface area contributed by atoms with Crippen LogP contribution in [0.3, 0.4) is 0 Å². The molecular weight excluding hydrogens is 206 g/mol. The summed E-state index contributed by atoms with van der Waals surface area (Å²) in [5.41, 5.74) is 5.25. The molecule has 1 heteroatoms. The molecule has 2 aromatic rings. The van der Waals surface area contributed by atoms with Crippen molar-refractivity contribution in [3.05, 3.63) is 54.1 Å². The smallest absolute Gasteiger partial charge is 0.0417 e. The Kier molecular flexibility index (Phi) is 2.60. The molecule has 1 saturated carbocycles. The SMILES string of the molecule is CNc1ccccc1-c1ccc(C2CC2)cc1. The van der Waals surface area contributed by atoms with Crippen molar-refractivity contribution in [2.24, 2.45) is 0 Å². The van der Waals surface area contributed by atoms with E-state index in [1.807, 2.05) is 7.05 Å². The van der Waals surface area contributed by atoms with Crippen LogP contribution in [0, 0.1) is 0 Å². The van der Waals surface area contributed by atoms with Gasteiger partial charge in [-0.25, -0.2) is 0 Å². The molecule has 1 nitrogen and oxygen atoms in total. The van der Waals surface area contributed by atoms with E-state index in [9.17, 15) is 0 Å². The first-order chi connectivity index (χ1) is 8.38. The van der Waals surface area contributed by atoms with Crippen LogP contribution < -0.4 is 5.32 Å². The van der Waals surface area contributed by atoms with Gasteiger partial charge in [-0.05, 0) is 36.0 Å². The average Bonchev–Trinajstić information content (AvgIpc) is 3.23. The maximum atomic E-state index is 3.24. The van der Waals surface area contributed by atoms with Crippen LogP contribution in [0.25, 0.3) is 11.1 Å². The Morgan fingerprint density at radius 1 is 0.941 bits per heavy atom. The number of anilines is 1. The minimum atomic E-state index is 0.837. The topological polar surface area (TPSA) is 12.0 Å². The first-order valence-corrected chi connectivity index (χ1v) is 6.25. The fourth-order valence-corrected chi connectivity index (χ4v) is 2.30. The molecule has 0 unspecified atom stereocenters. The average molecular weight is 223 g/mol. The van der Waals surface area contributed by atoms with Gasteiger partial charge in [-0.1, -0.05) is 42.5 Å². The van der Waals surface area contributed by atoms with Gasteiger partial charge in [0.2, 0.25) is 0 Å². The zero-order valence-corrected chi connectivity index (χ0v) is 10.1. The van der Waals surface area contributed by atoms with E-state index in [1.54, 1.807) is 0 Å².